The molecule has 32 heavy (non-hydrogen) atoms. The Morgan fingerprint density at radius 1 is 1.12 bits per heavy atom. The van der Waals surface area contributed by atoms with E-state index < -0.39 is 11.7 Å². The molecule has 0 radical (unpaired) electrons. The smallest absolute Gasteiger partial charge is 0.357 e. The van der Waals surface area contributed by atoms with Crippen molar-refractivity contribution < 1.29 is 13.2 Å². The van der Waals surface area contributed by atoms with Crippen LogP contribution in [-0.4, -0.2) is 32.1 Å². The Morgan fingerprint density at radius 3 is 2.44 bits per heavy atom. The van der Waals surface area contributed by atoms with Crippen LogP contribution in [0.5, 0.6) is 0 Å². The highest BCUT2D eigenvalue weighted by atomic mass is 127. The minimum atomic E-state index is -4.50. The largest absolute Gasteiger partial charge is 0.416 e. The zero-order valence-electron chi connectivity index (χ0n) is 18.4. The minimum Gasteiger partial charge on any atom is -0.357 e. The van der Waals surface area contributed by atoms with Gasteiger partial charge in [-0.15, -0.1) is 24.0 Å². The van der Waals surface area contributed by atoms with Crippen molar-refractivity contribution >= 4 is 29.9 Å². The lowest BCUT2D eigenvalue weighted by Gasteiger charge is -2.15. The van der Waals surface area contributed by atoms with Gasteiger partial charge in [-0.05, 0) is 50.6 Å². The second-order valence-electron chi connectivity index (χ2n) is 7.17. The Hall–Kier alpha value is -2.57. The van der Waals surface area contributed by atoms with E-state index in [0.717, 1.165) is 23.1 Å². The number of nitrogens with zero attached hydrogens (tertiary/aromatic N) is 5. The molecular weight excluding hydrogens is 534 g/mol. The lowest BCUT2D eigenvalue weighted by atomic mass is 10.1. The first kappa shape index (κ1) is 25.7. The number of nitrogens with one attached hydrogen (secondary N) is 2. The van der Waals surface area contributed by atoms with E-state index in [1.165, 1.54) is 10.7 Å². The third-order valence-electron chi connectivity index (χ3n) is 4.76. The van der Waals surface area contributed by atoms with Crippen molar-refractivity contribution in [2.75, 3.05) is 6.54 Å². The van der Waals surface area contributed by atoms with E-state index in [4.69, 9.17) is 0 Å². The maximum Gasteiger partial charge on any atom is 0.416 e. The normalized spacial score (nSPS) is 11.9. The molecule has 0 unspecified atom stereocenters. The van der Waals surface area contributed by atoms with Gasteiger partial charge in [-0.1, -0.05) is 6.07 Å². The number of alkyl halides is 3. The molecule has 0 spiro atoms. The number of hydrogen-bond donors (Lipinski definition) is 2. The highest BCUT2D eigenvalue weighted by Crippen LogP contribution is 2.34. The van der Waals surface area contributed by atoms with Crippen LogP contribution >= 0.6 is 24.0 Å². The molecule has 2 heterocycles. The summed E-state index contributed by atoms with van der Waals surface area (Å²) in [5, 5.41) is 14.6. The topological polar surface area (TPSA) is 72.1 Å². The fourth-order valence-corrected chi connectivity index (χ4v) is 3.24. The van der Waals surface area contributed by atoms with Gasteiger partial charge in [0.1, 0.15) is 0 Å². The Bertz CT molecular complexity index is 1070. The summed E-state index contributed by atoms with van der Waals surface area (Å²) in [4.78, 5) is 4.35. The second kappa shape index (κ2) is 10.8. The SMILES string of the molecule is CCNC(=NCc1ccc(-n2nc(C)cc2C)cc1C(F)(F)F)NCc1ccnn1C.I. The predicted octanol–water partition coefficient (Wildman–Crippen LogP) is 4.11. The Balaban J connectivity index is 0.00000363. The molecule has 0 saturated heterocycles. The van der Waals surface area contributed by atoms with Crippen LogP contribution in [0, 0.1) is 13.8 Å². The van der Waals surface area contributed by atoms with Crippen molar-refractivity contribution in [3.8, 4) is 5.69 Å². The van der Waals surface area contributed by atoms with Gasteiger partial charge in [0.05, 0.1) is 35.7 Å². The molecule has 0 saturated carbocycles. The summed E-state index contributed by atoms with van der Waals surface area (Å²) in [6.07, 6.45) is -2.82. The van der Waals surface area contributed by atoms with E-state index in [-0.39, 0.29) is 36.1 Å². The third-order valence-corrected chi connectivity index (χ3v) is 4.76. The highest BCUT2D eigenvalue weighted by Gasteiger charge is 2.33. The molecule has 2 N–H and O–H groups in total. The number of hydrogen-bond acceptors (Lipinski definition) is 3. The van der Waals surface area contributed by atoms with Gasteiger partial charge in [0.25, 0.3) is 0 Å². The van der Waals surface area contributed by atoms with Gasteiger partial charge >= 0.3 is 6.18 Å². The van der Waals surface area contributed by atoms with Gasteiger partial charge in [0.15, 0.2) is 5.96 Å². The zero-order valence-corrected chi connectivity index (χ0v) is 20.7. The number of benzene rings is 1. The minimum absolute atomic E-state index is 0. The van der Waals surface area contributed by atoms with E-state index in [1.54, 1.807) is 23.9 Å². The molecule has 174 valence electrons. The molecule has 0 atom stereocenters. The quantitative estimate of drug-likeness (QED) is 0.270. The van der Waals surface area contributed by atoms with E-state index in [2.05, 4.69) is 25.8 Å². The van der Waals surface area contributed by atoms with Crippen LogP contribution in [0.1, 0.15) is 35.1 Å². The molecule has 0 aliphatic carbocycles. The monoisotopic (exact) mass is 561 g/mol. The summed E-state index contributed by atoms with van der Waals surface area (Å²) >= 11 is 0. The number of halogens is 4. The first-order valence-corrected chi connectivity index (χ1v) is 9.92. The fraction of sp³-hybridized carbons (Fsp3) is 0.381. The summed E-state index contributed by atoms with van der Waals surface area (Å²) < 4.78 is 44.6. The first-order valence-electron chi connectivity index (χ1n) is 9.92. The first-order chi connectivity index (χ1) is 14.7. The van der Waals surface area contributed by atoms with Crippen LogP contribution in [-0.2, 0) is 26.3 Å². The standard InChI is InChI=1S/C21H26F3N7.HI/c1-5-25-20(27-13-18-8-9-28-30(18)4)26-12-16-6-7-17(11-19(16)21(22,23)24)31-15(3)10-14(2)29-31;/h6-11H,5,12-13H2,1-4H3,(H2,25,26,27);1H. The molecule has 11 heteroatoms. The van der Waals surface area contributed by atoms with Gasteiger partial charge in [-0.2, -0.15) is 23.4 Å². The van der Waals surface area contributed by atoms with E-state index >= 15 is 0 Å². The zero-order chi connectivity index (χ0) is 22.6. The van der Waals surface area contributed by atoms with Crippen molar-refractivity contribution in [2.45, 2.75) is 40.0 Å². The van der Waals surface area contributed by atoms with Crippen LogP contribution < -0.4 is 10.6 Å². The molecular formula is C21H27F3IN7. The van der Waals surface area contributed by atoms with E-state index in [1.807, 2.05) is 33.0 Å². The van der Waals surface area contributed by atoms with Crippen molar-refractivity contribution in [3.05, 3.63) is 64.7 Å². The summed E-state index contributed by atoms with van der Waals surface area (Å²) in [6.45, 7) is 6.42. The summed E-state index contributed by atoms with van der Waals surface area (Å²) in [6, 6.07) is 7.90. The number of aromatic nitrogens is 4. The fourth-order valence-electron chi connectivity index (χ4n) is 3.24. The second-order valence-corrected chi connectivity index (χ2v) is 7.17. The molecule has 0 amide bonds. The van der Waals surface area contributed by atoms with Gasteiger partial charge in [-0.25, -0.2) is 9.67 Å². The molecule has 3 aromatic rings. The van der Waals surface area contributed by atoms with Crippen molar-refractivity contribution in [2.24, 2.45) is 12.0 Å². The van der Waals surface area contributed by atoms with Crippen LogP contribution in [0.15, 0.2) is 41.5 Å². The molecule has 1 aromatic carbocycles. The van der Waals surface area contributed by atoms with Crippen molar-refractivity contribution in [1.29, 1.82) is 0 Å². The van der Waals surface area contributed by atoms with E-state index in [0.29, 0.717) is 24.7 Å². The van der Waals surface area contributed by atoms with E-state index in [9.17, 15) is 13.2 Å². The van der Waals surface area contributed by atoms with Crippen LogP contribution in [0.3, 0.4) is 0 Å². The molecule has 3 rings (SSSR count). The van der Waals surface area contributed by atoms with Crippen LogP contribution in [0.25, 0.3) is 5.69 Å². The van der Waals surface area contributed by atoms with Gasteiger partial charge in [0.2, 0.25) is 0 Å². The molecule has 0 aliphatic rings. The number of rotatable bonds is 6. The maximum atomic E-state index is 13.8. The molecule has 2 aromatic heterocycles. The molecule has 7 nitrogen and oxygen atoms in total. The van der Waals surface area contributed by atoms with Gasteiger partial charge in [0, 0.05) is 25.5 Å². The highest BCUT2D eigenvalue weighted by molar-refractivity contribution is 14.0. The number of guanidine groups is 1. The molecule has 0 fully saturated rings. The van der Waals surface area contributed by atoms with Crippen LogP contribution in [0.2, 0.25) is 0 Å². The third kappa shape index (κ3) is 6.24. The molecule has 0 aliphatic heterocycles. The lowest BCUT2D eigenvalue weighted by molar-refractivity contribution is -0.138. The summed E-state index contributed by atoms with van der Waals surface area (Å²) in [5.74, 6) is 0.430. The summed E-state index contributed by atoms with van der Waals surface area (Å²) in [5.41, 5.74) is 2.18. The lowest BCUT2D eigenvalue weighted by Crippen LogP contribution is -2.37. The van der Waals surface area contributed by atoms with Gasteiger partial charge < -0.3 is 10.6 Å². The Kier molecular flexibility index (Phi) is 8.70. The molecule has 0 bridgehead atoms. The van der Waals surface area contributed by atoms with Crippen molar-refractivity contribution in [1.82, 2.24) is 30.2 Å². The predicted molar refractivity (Wildman–Crippen MR) is 128 cm³/mol. The average molecular weight is 561 g/mol. The maximum absolute atomic E-state index is 13.8. The number of aliphatic imine (C=N–C) groups is 1. The van der Waals surface area contributed by atoms with Gasteiger partial charge in [-0.3, -0.25) is 4.68 Å². The van der Waals surface area contributed by atoms with Crippen LogP contribution in [0.4, 0.5) is 13.2 Å². The van der Waals surface area contributed by atoms with Crippen molar-refractivity contribution in [3.63, 3.8) is 0 Å². The summed E-state index contributed by atoms with van der Waals surface area (Å²) in [7, 11) is 1.82. The Morgan fingerprint density at radius 2 is 1.88 bits per heavy atom. The number of aryl methyl sites for hydroxylation is 3. The Labute approximate surface area is 202 Å². The average Bonchev–Trinajstić information content (AvgIpc) is 3.27.